The number of benzene rings is 2. The third kappa shape index (κ3) is 4.05. The number of nitrogens with zero attached hydrogens (tertiary/aromatic N) is 3. The van der Waals surface area contributed by atoms with Crippen molar-refractivity contribution < 1.29 is 9.53 Å². The number of carbonyl (C=O) groups excluding carboxylic acids is 1. The van der Waals surface area contributed by atoms with Crippen molar-refractivity contribution in [2.75, 3.05) is 20.2 Å². The molecular weight excluding hydrogens is 440 g/mol. The van der Waals surface area contributed by atoms with Crippen LogP contribution < -0.4 is 10.5 Å². The number of fused-ring (bicyclic) bond motifs is 2. The second-order valence-corrected chi connectivity index (χ2v) is 10.1. The number of imidazole rings is 2. The van der Waals surface area contributed by atoms with Crippen molar-refractivity contribution in [2.24, 2.45) is 5.73 Å². The van der Waals surface area contributed by atoms with E-state index >= 15 is 0 Å². The number of hydrogen-bond acceptors (Lipinski definition) is 5. The van der Waals surface area contributed by atoms with Gasteiger partial charge < -0.3 is 25.3 Å². The Morgan fingerprint density at radius 1 is 1.17 bits per heavy atom. The summed E-state index contributed by atoms with van der Waals surface area (Å²) in [5, 5.41) is 0. The number of carbonyl (C=O) groups is 1. The minimum Gasteiger partial charge on any atom is -0.491 e. The molecule has 2 aromatic heterocycles. The molecule has 4 aromatic rings. The van der Waals surface area contributed by atoms with E-state index in [1.165, 1.54) is 32.1 Å². The Hall–Kier alpha value is -3.39. The number of aromatic nitrogens is 4. The molecule has 2 fully saturated rings. The molecule has 1 aliphatic heterocycles. The lowest BCUT2D eigenvalue weighted by molar-refractivity contribution is 0.0996. The summed E-state index contributed by atoms with van der Waals surface area (Å²) in [5.74, 6) is 1.58. The molecule has 8 nitrogen and oxygen atoms in total. The van der Waals surface area contributed by atoms with Gasteiger partial charge in [0.05, 0.1) is 28.4 Å². The summed E-state index contributed by atoms with van der Waals surface area (Å²) in [6.45, 7) is 1.58. The third-order valence-electron chi connectivity index (χ3n) is 7.82. The number of likely N-dealkylation sites (tertiary alicyclic amines) is 1. The highest BCUT2D eigenvalue weighted by Gasteiger charge is 2.25. The number of nitrogens with two attached hydrogens (primary N) is 1. The summed E-state index contributed by atoms with van der Waals surface area (Å²) in [7, 11) is 2.11. The number of likely N-dealkylation sites (N-methyl/N-ethyl adjacent to an activating group) is 1. The number of aromatic amines is 2. The molecule has 6 rings (SSSR count). The molecule has 4 N–H and O–H groups in total. The van der Waals surface area contributed by atoms with E-state index in [1.807, 2.05) is 6.07 Å². The lowest BCUT2D eigenvalue weighted by atomic mass is 9.89. The molecule has 1 aliphatic carbocycles. The molecule has 2 aromatic carbocycles. The molecule has 1 saturated carbocycles. The van der Waals surface area contributed by atoms with Crippen molar-refractivity contribution in [3.05, 3.63) is 42.0 Å². The number of rotatable bonds is 6. The molecule has 2 aliphatic rings. The second-order valence-electron chi connectivity index (χ2n) is 10.1. The SMILES string of the molecule is CN1CCC[C@@H]1COc1cc(-c2ccc3nc(C4CCCCC4)[nH]c3c2)c2nc[nH]c2c1C(N)=O. The Bertz CT molecular complexity index is 1380. The van der Waals surface area contributed by atoms with Crippen molar-refractivity contribution >= 4 is 28.0 Å². The van der Waals surface area contributed by atoms with Gasteiger partial charge in [-0.2, -0.15) is 0 Å². The molecule has 1 atom stereocenters. The van der Waals surface area contributed by atoms with Crippen LogP contribution in [0.5, 0.6) is 5.75 Å². The molecule has 0 unspecified atom stereocenters. The first-order valence-corrected chi connectivity index (χ1v) is 12.7. The van der Waals surface area contributed by atoms with Gasteiger partial charge in [-0.15, -0.1) is 0 Å². The predicted octanol–water partition coefficient (Wildman–Crippen LogP) is 4.73. The minimum atomic E-state index is -0.526. The van der Waals surface area contributed by atoms with E-state index in [0.717, 1.165) is 47.4 Å². The monoisotopic (exact) mass is 472 g/mol. The summed E-state index contributed by atoms with van der Waals surface area (Å²) in [4.78, 5) is 30.9. The molecule has 1 amide bonds. The van der Waals surface area contributed by atoms with Gasteiger partial charge >= 0.3 is 0 Å². The number of amides is 1. The van der Waals surface area contributed by atoms with Crippen LogP contribution in [0.3, 0.4) is 0 Å². The summed E-state index contributed by atoms with van der Waals surface area (Å²) in [5.41, 5.74) is 11.3. The Labute approximate surface area is 204 Å². The van der Waals surface area contributed by atoms with Crippen LogP contribution >= 0.6 is 0 Å². The van der Waals surface area contributed by atoms with Crippen LogP contribution in [0.25, 0.3) is 33.2 Å². The molecule has 35 heavy (non-hydrogen) atoms. The smallest absolute Gasteiger partial charge is 0.254 e. The van der Waals surface area contributed by atoms with Gasteiger partial charge in [0.1, 0.15) is 23.7 Å². The van der Waals surface area contributed by atoms with Crippen LogP contribution in [0.2, 0.25) is 0 Å². The maximum absolute atomic E-state index is 12.4. The van der Waals surface area contributed by atoms with Crippen molar-refractivity contribution in [2.45, 2.75) is 56.9 Å². The van der Waals surface area contributed by atoms with Gasteiger partial charge in [-0.1, -0.05) is 25.3 Å². The normalized spacial score (nSPS) is 19.6. The average Bonchev–Trinajstić information content (AvgIpc) is 3.61. The molecular formula is C27H32N6O2. The average molecular weight is 473 g/mol. The molecule has 0 bridgehead atoms. The van der Waals surface area contributed by atoms with E-state index in [9.17, 15) is 4.79 Å². The first-order chi connectivity index (χ1) is 17.1. The van der Waals surface area contributed by atoms with Gasteiger partial charge in [-0.25, -0.2) is 9.97 Å². The topological polar surface area (TPSA) is 113 Å². The quantitative estimate of drug-likeness (QED) is 0.376. The van der Waals surface area contributed by atoms with Gasteiger partial charge in [0.2, 0.25) is 0 Å². The highest BCUT2D eigenvalue weighted by Crippen LogP contribution is 2.37. The molecule has 1 saturated heterocycles. The van der Waals surface area contributed by atoms with Gasteiger partial charge in [-0.3, -0.25) is 4.79 Å². The number of nitrogens with one attached hydrogen (secondary N) is 2. The zero-order valence-corrected chi connectivity index (χ0v) is 20.1. The Morgan fingerprint density at radius 2 is 2.03 bits per heavy atom. The van der Waals surface area contributed by atoms with Crippen LogP contribution in [0, 0.1) is 0 Å². The largest absolute Gasteiger partial charge is 0.491 e. The zero-order chi connectivity index (χ0) is 23.9. The summed E-state index contributed by atoms with van der Waals surface area (Å²) < 4.78 is 6.25. The van der Waals surface area contributed by atoms with Crippen LogP contribution in [0.4, 0.5) is 0 Å². The van der Waals surface area contributed by atoms with E-state index < -0.39 is 5.91 Å². The second kappa shape index (κ2) is 9.00. The zero-order valence-electron chi connectivity index (χ0n) is 20.1. The van der Waals surface area contributed by atoms with Gasteiger partial charge in [0.25, 0.3) is 5.91 Å². The maximum atomic E-state index is 12.4. The van der Waals surface area contributed by atoms with Crippen LogP contribution in [-0.4, -0.2) is 57.0 Å². The lowest BCUT2D eigenvalue weighted by Gasteiger charge is -2.21. The summed E-state index contributed by atoms with van der Waals surface area (Å²) in [6, 6.07) is 8.49. The molecule has 8 heteroatoms. The highest BCUT2D eigenvalue weighted by molar-refractivity contribution is 6.10. The predicted molar refractivity (Wildman–Crippen MR) is 137 cm³/mol. The van der Waals surface area contributed by atoms with Crippen LogP contribution in [0.1, 0.15) is 67.0 Å². The van der Waals surface area contributed by atoms with E-state index in [1.54, 1.807) is 6.33 Å². The van der Waals surface area contributed by atoms with Gasteiger partial charge in [0, 0.05) is 17.5 Å². The van der Waals surface area contributed by atoms with Crippen molar-refractivity contribution in [3.8, 4) is 16.9 Å². The minimum absolute atomic E-state index is 0.330. The van der Waals surface area contributed by atoms with E-state index in [0.29, 0.717) is 40.9 Å². The van der Waals surface area contributed by atoms with E-state index in [4.69, 9.17) is 15.5 Å². The van der Waals surface area contributed by atoms with Gasteiger partial charge in [-0.05, 0) is 63.0 Å². The summed E-state index contributed by atoms with van der Waals surface area (Å²) in [6.07, 6.45) is 10.1. The fourth-order valence-electron chi connectivity index (χ4n) is 5.80. The maximum Gasteiger partial charge on any atom is 0.254 e. The Morgan fingerprint density at radius 3 is 2.80 bits per heavy atom. The molecule has 3 heterocycles. The van der Waals surface area contributed by atoms with Crippen molar-refractivity contribution in [3.63, 3.8) is 0 Å². The highest BCUT2D eigenvalue weighted by atomic mass is 16.5. The fourth-order valence-corrected chi connectivity index (χ4v) is 5.80. The van der Waals surface area contributed by atoms with Crippen molar-refractivity contribution in [1.82, 2.24) is 24.8 Å². The Balaban J connectivity index is 1.40. The lowest BCUT2D eigenvalue weighted by Crippen LogP contribution is -2.31. The van der Waals surface area contributed by atoms with E-state index in [-0.39, 0.29) is 0 Å². The van der Waals surface area contributed by atoms with Crippen molar-refractivity contribution in [1.29, 1.82) is 0 Å². The standard InChI is InChI=1S/C27H32N6O2/c1-33-11-5-8-18(33)14-35-22-13-19(24-25(30-15-29-24)23(22)26(28)34)17-9-10-20-21(12-17)32-27(31-20)16-6-3-2-4-7-16/h9-10,12-13,15-16,18H,2-8,11,14H2,1H3,(H2,28,34)(H,29,30)(H,31,32)/t18-/m1/s1. The number of ether oxygens (including phenoxy) is 1. The third-order valence-corrected chi connectivity index (χ3v) is 7.82. The molecule has 0 radical (unpaired) electrons. The fraction of sp³-hybridized carbons (Fsp3) is 0.444. The number of primary amides is 1. The van der Waals surface area contributed by atoms with E-state index in [2.05, 4.69) is 45.1 Å². The van der Waals surface area contributed by atoms with Crippen LogP contribution in [-0.2, 0) is 0 Å². The number of H-pyrrole nitrogens is 2. The number of hydrogen-bond donors (Lipinski definition) is 3. The first-order valence-electron chi connectivity index (χ1n) is 12.7. The first kappa shape index (κ1) is 22.1. The molecule has 182 valence electrons. The Kier molecular flexibility index (Phi) is 5.68. The summed E-state index contributed by atoms with van der Waals surface area (Å²) >= 11 is 0. The molecule has 0 spiro atoms. The van der Waals surface area contributed by atoms with Gasteiger partial charge in [0.15, 0.2) is 0 Å². The van der Waals surface area contributed by atoms with Crippen LogP contribution in [0.15, 0.2) is 30.6 Å².